The van der Waals surface area contributed by atoms with Gasteiger partial charge in [0, 0.05) is 6.07 Å². The van der Waals surface area contributed by atoms with Crippen LogP contribution in [0, 0.1) is 21.4 Å². The molecule has 0 amide bonds. The lowest BCUT2D eigenvalue weighted by Crippen LogP contribution is -2.35. The molecule has 1 aromatic rings. The average Bonchev–Trinajstić information content (AvgIpc) is 2.36. The van der Waals surface area contributed by atoms with E-state index in [0.717, 1.165) is 12.3 Å². The van der Waals surface area contributed by atoms with Crippen molar-refractivity contribution in [1.82, 2.24) is 4.98 Å². The Hall–Kier alpha value is -2.34. The molecule has 0 aliphatic heterocycles. The average molecular weight is 257 g/mol. The Morgan fingerprint density at radius 1 is 1.67 bits per heavy atom. The number of rotatable bonds is 5. The number of alkyl halides is 2. The third-order valence-electron chi connectivity index (χ3n) is 2.02. The van der Waals surface area contributed by atoms with Gasteiger partial charge < -0.3 is 11.1 Å². The first kappa shape index (κ1) is 13.7. The molecule has 9 heteroatoms. The number of nitrogens with one attached hydrogen (secondary N) is 1. The van der Waals surface area contributed by atoms with E-state index < -0.39 is 23.9 Å². The van der Waals surface area contributed by atoms with Gasteiger partial charge in [-0.15, -0.1) is 0 Å². The minimum atomic E-state index is -3.14. The second-order valence-electron chi connectivity index (χ2n) is 3.37. The van der Waals surface area contributed by atoms with Crippen molar-refractivity contribution in [3.8, 4) is 6.07 Å². The Morgan fingerprint density at radius 3 is 2.83 bits per heavy atom. The van der Waals surface area contributed by atoms with Crippen molar-refractivity contribution < 1.29 is 13.7 Å². The highest BCUT2D eigenvalue weighted by Crippen LogP contribution is 2.19. The fourth-order valence-electron chi connectivity index (χ4n) is 1.06. The van der Waals surface area contributed by atoms with Crippen molar-refractivity contribution in [2.24, 2.45) is 5.73 Å². The molecule has 0 aromatic carbocycles. The second-order valence-corrected chi connectivity index (χ2v) is 3.37. The van der Waals surface area contributed by atoms with Gasteiger partial charge in [0.2, 0.25) is 0 Å². The number of anilines is 1. The molecule has 0 radical (unpaired) electrons. The van der Waals surface area contributed by atoms with E-state index in [4.69, 9.17) is 11.0 Å². The summed E-state index contributed by atoms with van der Waals surface area (Å²) in [4.78, 5) is 13.3. The summed E-state index contributed by atoms with van der Waals surface area (Å²) in [6, 6.07) is 2.59. The first-order valence-corrected chi connectivity index (χ1v) is 4.76. The van der Waals surface area contributed by atoms with E-state index >= 15 is 0 Å². The number of nitrogens with zero attached hydrogens (tertiary/aromatic N) is 3. The smallest absolute Gasteiger partial charge is 0.289 e. The van der Waals surface area contributed by atoms with Crippen molar-refractivity contribution >= 4 is 11.5 Å². The van der Waals surface area contributed by atoms with Crippen molar-refractivity contribution in [3.05, 3.63) is 27.9 Å². The number of nitrogens with two attached hydrogens (primary N) is 1. The van der Waals surface area contributed by atoms with Crippen LogP contribution in [-0.2, 0) is 0 Å². The molecule has 0 atom stereocenters. The third-order valence-corrected chi connectivity index (χ3v) is 2.02. The molecule has 0 saturated heterocycles. The molecule has 0 saturated carbocycles. The van der Waals surface area contributed by atoms with Crippen LogP contribution in [0.2, 0.25) is 0 Å². The zero-order valence-electron chi connectivity index (χ0n) is 9.06. The molecule has 0 fully saturated rings. The van der Waals surface area contributed by atoms with E-state index in [1.807, 2.05) is 0 Å². The van der Waals surface area contributed by atoms with E-state index in [1.54, 1.807) is 6.07 Å². The van der Waals surface area contributed by atoms with E-state index in [-0.39, 0.29) is 17.1 Å². The van der Waals surface area contributed by atoms with Crippen LogP contribution in [0.1, 0.15) is 5.56 Å². The number of hydrogen-bond acceptors (Lipinski definition) is 6. The van der Waals surface area contributed by atoms with Gasteiger partial charge in [-0.1, -0.05) is 0 Å². The van der Waals surface area contributed by atoms with Gasteiger partial charge in [0.15, 0.2) is 0 Å². The quantitative estimate of drug-likeness (QED) is 0.596. The highest BCUT2D eigenvalue weighted by molar-refractivity contribution is 5.55. The van der Waals surface area contributed by atoms with Crippen LogP contribution < -0.4 is 11.1 Å². The topological polar surface area (TPSA) is 118 Å². The normalized spacial score (nSPS) is 10.8. The molecule has 0 aliphatic carbocycles. The first-order valence-electron chi connectivity index (χ1n) is 4.76. The molecule has 0 unspecified atom stereocenters. The van der Waals surface area contributed by atoms with Gasteiger partial charge in [-0.05, 0) is 0 Å². The highest BCUT2D eigenvalue weighted by Gasteiger charge is 2.27. The summed E-state index contributed by atoms with van der Waals surface area (Å²) in [5, 5.41) is 21.4. The number of pyridine rings is 1. The zero-order valence-corrected chi connectivity index (χ0v) is 9.06. The molecule has 0 aliphatic rings. The maximum absolute atomic E-state index is 12.9. The SMILES string of the molecule is N#Cc1cc([N+](=O)[O-])cnc1NCC(F)(F)CN. The minimum absolute atomic E-state index is 0.142. The van der Waals surface area contributed by atoms with Crippen molar-refractivity contribution in [3.63, 3.8) is 0 Å². The predicted molar refractivity (Wildman–Crippen MR) is 58.1 cm³/mol. The zero-order chi connectivity index (χ0) is 13.8. The summed E-state index contributed by atoms with van der Waals surface area (Å²) < 4.78 is 25.8. The van der Waals surface area contributed by atoms with E-state index in [0.29, 0.717) is 0 Å². The van der Waals surface area contributed by atoms with Crippen LogP contribution in [-0.4, -0.2) is 28.9 Å². The molecular weight excluding hydrogens is 248 g/mol. The molecule has 18 heavy (non-hydrogen) atoms. The Kier molecular flexibility index (Phi) is 4.06. The Morgan fingerprint density at radius 2 is 2.33 bits per heavy atom. The van der Waals surface area contributed by atoms with Gasteiger partial charge in [0.05, 0.1) is 18.0 Å². The standard InChI is InChI=1S/C9H9F2N5O2/c10-9(11,4-13)5-15-8-6(2-12)1-7(3-14-8)16(17)18/h1,3H,4-5,13H2,(H,14,15). The molecule has 0 bridgehead atoms. The van der Waals surface area contributed by atoms with Crippen molar-refractivity contribution in [2.75, 3.05) is 18.4 Å². The van der Waals surface area contributed by atoms with Gasteiger partial charge in [-0.2, -0.15) is 5.26 Å². The number of nitriles is 1. The van der Waals surface area contributed by atoms with E-state index in [9.17, 15) is 18.9 Å². The molecule has 96 valence electrons. The highest BCUT2D eigenvalue weighted by atomic mass is 19.3. The number of nitro groups is 1. The maximum atomic E-state index is 12.9. The van der Waals surface area contributed by atoms with Crippen LogP contribution in [0.25, 0.3) is 0 Å². The van der Waals surface area contributed by atoms with E-state index in [2.05, 4.69) is 10.3 Å². The van der Waals surface area contributed by atoms with Crippen molar-refractivity contribution in [2.45, 2.75) is 5.92 Å². The fraction of sp³-hybridized carbons (Fsp3) is 0.333. The summed E-state index contributed by atoms with van der Waals surface area (Å²) in [7, 11) is 0. The number of hydrogen-bond donors (Lipinski definition) is 2. The molecule has 1 aromatic heterocycles. The maximum Gasteiger partial charge on any atom is 0.289 e. The molecule has 1 rings (SSSR count). The molecule has 7 nitrogen and oxygen atoms in total. The summed E-state index contributed by atoms with van der Waals surface area (Å²) in [5.74, 6) is -3.29. The monoisotopic (exact) mass is 257 g/mol. The van der Waals surface area contributed by atoms with Crippen LogP contribution >= 0.6 is 0 Å². The summed E-state index contributed by atoms with van der Waals surface area (Å²) in [6.45, 7) is -1.65. The first-order chi connectivity index (χ1) is 8.39. The molecule has 0 spiro atoms. The summed E-state index contributed by atoms with van der Waals surface area (Å²) >= 11 is 0. The minimum Gasteiger partial charge on any atom is -0.363 e. The Labute approximate surface area is 100 Å². The number of aromatic nitrogens is 1. The lowest BCUT2D eigenvalue weighted by atomic mass is 10.2. The Bertz CT molecular complexity index is 500. The third kappa shape index (κ3) is 3.33. The molecule has 1 heterocycles. The van der Waals surface area contributed by atoms with Gasteiger partial charge >= 0.3 is 0 Å². The molecular formula is C9H9F2N5O2. The number of halogens is 2. The fourth-order valence-corrected chi connectivity index (χ4v) is 1.06. The summed E-state index contributed by atoms with van der Waals surface area (Å²) in [5.41, 5.74) is 4.27. The van der Waals surface area contributed by atoms with Crippen LogP contribution in [0.5, 0.6) is 0 Å². The van der Waals surface area contributed by atoms with Crippen LogP contribution in [0.15, 0.2) is 12.3 Å². The van der Waals surface area contributed by atoms with Crippen LogP contribution in [0.3, 0.4) is 0 Å². The summed E-state index contributed by atoms with van der Waals surface area (Å²) in [6.07, 6.45) is 0.879. The van der Waals surface area contributed by atoms with Crippen LogP contribution in [0.4, 0.5) is 20.3 Å². The largest absolute Gasteiger partial charge is 0.363 e. The predicted octanol–water partition coefficient (Wildman–Crippen LogP) is 0.867. The molecule has 3 N–H and O–H groups in total. The Balaban J connectivity index is 2.91. The van der Waals surface area contributed by atoms with Crippen molar-refractivity contribution in [1.29, 1.82) is 5.26 Å². The lowest BCUT2D eigenvalue weighted by Gasteiger charge is -2.15. The van der Waals surface area contributed by atoms with Gasteiger partial charge in [-0.3, -0.25) is 10.1 Å². The van der Waals surface area contributed by atoms with E-state index in [1.165, 1.54) is 0 Å². The van der Waals surface area contributed by atoms with Gasteiger partial charge in [0.25, 0.3) is 11.6 Å². The van der Waals surface area contributed by atoms with Gasteiger partial charge in [0.1, 0.15) is 23.6 Å². The lowest BCUT2D eigenvalue weighted by molar-refractivity contribution is -0.385. The second kappa shape index (κ2) is 5.33. The van der Waals surface area contributed by atoms with Gasteiger partial charge in [-0.25, -0.2) is 13.8 Å².